The molecule has 1 aromatic rings. The fraction of sp³-hybridized carbons (Fsp3) is 0.471. The third-order valence-corrected chi connectivity index (χ3v) is 3.56. The number of esters is 1. The van der Waals surface area contributed by atoms with Crippen molar-refractivity contribution in [3.63, 3.8) is 0 Å². The number of benzene rings is 1. The zero-order chi connectivity index (χ0) is 17.0. The first-order valence-corrected chi connectivity index (χ1v) is 7.78. The molecule has 6 heteroatoms. The number of ketones is 1. The second-order valence-corrected chi connectivity index (χ2v) is 5.35. The second kappa shape index (κ2) is 7.26. The van der Waals surface area contributed by atoms with Crippen molar-refractivity contribution in [1.29, 1.82) is 0 Å². The summed E-state index contributed by atoms with van der Waals surface area (Å²) in [6.45, 7) is 5.31. The maximum Gasteiger partial charge on any atom is 0.326 e. The van der Waals surface area contributed by atoms with E-state index in [1.807, 2.05) is 6.92 Å². The molecule has 0 N–H and O–H groups in total. The summed E-state index contributed by atoms with van der Waals surface area (Å²) >= 11 is 0. The number of hydrogen-bond donors (Lipinski definition) is 0. The van der Waals surface area contributed by atoms with Gasteiger partial charge >= 0.3 is 5.97 Å². The van der Waals surface area contributed by atoms with Crippen molar-refractivity contribution >= 4 is 23.3 Å². The first-order valence-electron chi connectivity index (χ1n) is 7.78. The number of anilines is 1. The SMILES string of the molecule is CCCC(=O)c1ccc2c(c1)N(CC(=O)OCC)C(=O)C(C)O2. The van der Waals surface area contributed by atoms with Crippen LogP contribution in [0.15, 0.2) is 18.2 Å². The van der Waals surface area contributed by atoms with Crippen LogP contribution in [0.1, 0.15) is 44.0 Å². The van der Waals surface area contributed by atoms with Gasteiger partial charge in [0.15, 0.2) is 11.9 Å². The highest BCUT2D eigenvalue weighted by Gasteiger charge is 2.33. The molecule has 0 saturated heterocycles. The molecule has 0 aromatic heterocycles. The van der Waals surface area contributed by atoms with Crippen LogP contribution in [0, 0.1) is 0 Å². The maximum atomic E-state index is 12.3. The Hall–Kier alpha value is -2.37. The minimum atomic E-state index is -0.686. The third kappa shape index (κ3) is 3.70. The van der Waals surface area contributed by atoms with E-state index in [2.05, 4.69) is 0 Å². The lowest BCUT2D eigenvalue weighted by Crippen LogP contribution is -2.47. The lowest BCUT2D eigenvalue weighted by Gasteiger charge is -2.32. The molecule has 124 valence electrons. The van der Waals surface area contributed by atoms with E-state index in [1.54, 1.807) is 32.0 Å². The molecule has 1 aromatic carbocycles. The number of carbonyl (C=O) groups excluding carboxylic acids is 3. The molecule has 0 aliphatic carbocycles. The van der Waals surface area contributed by atoms with Gasteiger partial charge in [-0.15, -0.1) is 0 Å². The predicted molar refractivity (Wildman–Crippen MR) is 84.8 cm³/mol. The van der Waals surface area contributed by atoms with Crippen LogP contribution in [0.4, 0.5) is 5.69 Å². The molecule has 0 fully saturated rings. The van der Waals surface area contributed by atoms with Crippen molar-refractivity contribution in [2.24, 2.45) is 0 Å². The van der Waals surface area contributed by atoms with Gasteiger partial charge in [-0.25, -0.2) is 0 Å². The predicted octanol–water partition coefficient (Wildman–Crippen LogP) is 2.35. The monoisotopic (exact) mass is 319 g/mol. The van der Waals surface area contributed by atoms with Gasteiger partial charge in [-0.05, 0) is 38.5 Å². The van der Waals surface area contributed by atoms with Crippen molar-refractivity contribution in [3.05, 3.63) is 23.8 Å². The summed E-state index contributed by atoms with van der Waals surface area (Å²) in [6.07, 6.45) is 0.491. The van der Waals surface area contributed by atoms with E-state index >= 15 is 0 Å². The summed E-state index contributed by atoms with van der Waals surface area (Å²) in [5.41, 5.74) is 0.938. The van der Waals surface area contributed by atoms with Gasteiger partial charge < -0.3 is 9.47 Å². The molecule has 1 amide bonds. The molecule has 0 radical (unpaired) electrons. The fourth-order valence-electron chi connectivity index (χ4n) is 2.45. The van der Waals surface area contributed by atoms with Crippen LogP contribution in [0.2, 0.25) is 0 Å². The Bertz CT molecular complexity index is 625. The summed E-state index contributed by atoms with van der Waals surface area (Å²) < 4.78 is 10.5. The maximum absolute atomic E-state index is 12.3. The zero-order valence-corrected chi connectivity index (χ0v) is 13.6. The van der Waals surface area contributed by atoms with Crippen molar-refractivity contribution in [2.45, 2.75) is 39.7 Å². The largest absolute Gasteiger partial charge is 0.479 e. The average Bonchev–Trinajstić information content (AvgIpc) is 2.52. The van der Waals surface area contributed by atoms with Crippen LogP contribution in [-0.4, -0.2) is 36.9 Å². The molecule has 1 aliphatic rings. The smallest absolute Gasteiger partial charge is 0.326 e. The topological polar surface area (TPSA) is 72.9 Å². The number of rotatable bonds is 6. The molecule has 6 nitrogen and oxygen atoms in total. The number of hydrogen-bond acceptors (Lipinski definition) is 5. The molecule has 0 spiro atoms. The van der Waals surface area contributed by atoms with Crippen LogP contribution in [0.3, 0.4) is 0 Å². The van der Waals surface area contributed by atoms with Gasteiger partial charge in [0.05, 0.1) is 12.3 Å². The van der Waals surface area contributed by atoms with E-state index in [0.717, 1.165) is 6.42 Å². The van der Waals surface area contributed by atoms with Crippen LogP contribution >= 0.6 is 0 Å². The van der Waals surface area contributed by atoms with Gasteiger partial charge in [0.25, 0.3) is 5.91 Å². The lowest BCUT2D eigenvalue weighted by molar-refractivity contribution is -0.143. The molecule has 1 heterocycles. The van der Waals surface area contributed by atoms with Gasteiger partial charge in [0.1, 0.15) is 12.3 Å². The Morgan fingerprint density at radius 1 is 1.30 bits per heavy atom. The third-order valence-electron chi connectivity index (χ3n) is 3.56. The molecule has 2 rings (SSSR count). The number of fused-ring (bicyclic) bond motifs is 1. The number of Topliss-reactive ketones (excluding diaryl/α,β-unsaturated/α-hetero) is 1. The molecule has 1 atom stereocenters. The minimum absolute atomic E-state index is 0.00236. The average molecular weight is 319 g/mol. The number of ether oxygens (including phenoxy) is 2. The van der Waals surface area contributed by atoms with Gasteiger partial charge in [0, 0.05) is 12.0 Å². The van der Waals surface area contributed by atoms with Crippen LogP contribution < -0.4 is 9.64 Å². The van der Waals surface area contributed by atoms with E-state index in [4.69, 9.17) is 9.47 Å². The van der Waals surface area contributed by atoms with Crippen molar-refractivity contribution in [3.8, 4) is 5.75 Å². The molecule has 1 aliphatic heterocycles. The fourth-order valence-corrected chi connectivity index (χ4v) is 2.45. The van der Waals surface area contributed by atoms with Crippen LogP contribution in [0.5, 0.6) is 5.75 Å². The van der Waals surface area contributed by atoms with Gasteiger partial charge in [-0.2, -0.15) is 0 Å². The number of carbonyl (C=O) groups is 3. The van der Waals surface area contributed by atoms with Crippen LogP contribution in [-0.2, 0) is 14.3 Å². The van der Waals surface area contributed by atoms with E-state index in [0.29, 0.717) is 23.4 Å². The molecule has 23 heavy (non-hydrogen) atoms. The molecular weight excluding hydrogens is 298 g/mol. The highest BCUT2D eigenvalue weighted by Crippen LogP contribution is 2.35. The molecule has 0 saturated carbocycles. The van der Waals surface area contributed by atoms with Gasteiger partial charge in [-0.1, -0.05) is 6.92 Å². The lowest BCUT2D eigenvalue weighted by atomic mass is 10.0. The van der Waals surface area contributed by atoms with E-state index in [1.165, 1.54) is 4.90 Å². The summed E-state index contributed by atoms with van der Waals surface area (Å²) in [7, 11) is 0. The highest BCUT2D eigenvalue weighted by atomic mass is 16.5. The number of amides is 1. The first-order chi connectivity index (χ1) is 11.0. The highest BCUT2D eigenvalue weighted by molar-refractivity contribution is 6.05. The molecule has 0 bridgehead atoms. The van der Waals surface area contributed by atoms with Crippen molar-refractivity contribution in [2.75, 3.05) is 18.1 Å². The summed E-state index contributed by atoms with van der Waals surface area (Å²) in [5.74, 6) is -0.344. The minimum Gasteiger partial charge on any atom is -0.479 e. The summed E-state index contributed by atoms with van der Waals surface area (Å²) in [6, 6.07) is 4.96. The molecular formula is C17H21NO5. The van der Waals surface area contributed by atoms with E-state index < -0.39 is 12.1 Å². The second-order valence-electron chi connectivity index (χ2n) is 5.35. The van der Waals surface area contributed by atoms with E-state index in [-0.39, 0.29) is 24.8 Å². The van der Waals surface area contributed by atoms with Gasteiger partial charge in [0.2, 0.25) is 0 Å². The summed E-state index contributed by atoms with van der Waals surface area (Å²) in [5, 5.41) is 0. The summed E-state index contributed by atoms with van der Waals surface area (Å²) in [4.78, 5) is 37.5. The van der Waals surface area contributed by atoms with Crippen molar-refractivity contribution < 1.29 is 23.9 Å². The van der Waals surface area contributed by atoms with Crippen molar-refractivity contribution in [1.82, 2.24) is 0 Å². The Labute approximate surface area is 135 Å². The number of nitrogens with zero attached hydrogens (tertiary/aromatic N) is 1. The van der Waals surface area contributed by atoms with Gasteiger partial charge in [-0.3, -0.25) is 19.3 Å². The normalized spacial score (nSPS) is 16.6. The molecule has 1 unspecified atom stereocenters. The Morgan fingerprint density at radius 3 is 2.70 bits per heavy atom. The first kappa shape index (κ1) is 17.0. The van der Waals surface area contributed by atoms with E-state index in [9.17, 15) is 14.4 Å². The standard InChI is InChI=1S/C17H21NO5/c1-4-6-14(19)12-7-8-15-13(9-12)18(10-16(20)22-5-2)17(21)11(3)23-15/h7-9,11H,4-6,10H2,1-3H3. The Balaban J connectivity index is 2.36. The Kier molecular flexibility index (Phi) is 5.36. The quantitative estimate of drug-likeness (QED) is 0.594. The van der Waals surface area contributed by atoms with Crippen LogP contribution in [0.25, 0.3) is 0 Å². The Morgan fingerprint density at radius 2 is 2.04 bits per heavy atom. The zero-order valence-electron chi connectivity index (χ0n) is 13.6.